The SMILES string of the molecule is Cc1nccn1Cc1cccc(CNC(=O)N[C@H]2CCCC[C@H]2O)c1. The minimum Gasteiger partial charge on any atom is -0.391 e. The first-order valence-corrected chi connectivity index (χ1v) is 8.90. The van der Waals surface area contributed by atoms with Gasteiger partial charge in [0.1, 0.15) is 5.82 Å². The summed E-state index contributed by atoms with van der Waals surface area (Å²) in [7, 11) is 0. The number of carbonyl (C=O) groups is 1. The van der Waals surface area contributed by atoms with E-state index in [1.54, 1.807) is 6.20 Å². The number of rotatable bonds is 5. The molecule has 0 radical (unpaired) electrons. The normalized spacial score (nSPS) is 20.2. The Kier molecular flexibility index (Phi) is 5.71. The largest absolute Gasteiger partial charge is 0.391 e. The number of nitrogens with one attached hydrogen (secondary N) is 2. The molecule has 1 aromatic heterocycles. The number of amides is 2. The molecule has 2 aromatic rings. The highest BCUT2D eigenvalue weighted by atomic mass is 16.3. The van der Waals surface area contributed by atoms with E-state index in [9.17, 15) is 9.90 Å². The van der Waals surface area contributed by atoms with Crippen molar-refractivity contribution in [1.82, 2.24) is 20.2 Å². The fraction of sp³-hybridized carbons (Fsp3) is 0.474. The fourth-order valence-corrected chi connectivity index (χ4v) is 3.29. The monoisotopic (exact) mass is 342 g/mol. The molecule has 3 N–H and O–H groups in total. The van der Waals surface area contributed by atoms with E-state index in [0.29, 0.717) is 6.54 Å². The minimum atomic E-state index is -0.429. The van der Waals surface area contributed by atoms with Crippen molar-refractivity contribution in [3.8, 4) is 0 Å². The van der Waals surface area contributed by atoms with E-state index in [2.05, 4.69) is 32.3 Å². The fourth-order valence-electron chi connectivity index (χ4n) is 3.29. The first-order chi connectivity index (χ1) is 12.1. The van der Waals surface area contributed by atoms with Gasteiger partial charge in [-0.2, -0.15) is 0 Å². The molecule has 0 spiro atoms. The van der Waals surface area contributed by atoms with Crippen LogP contribution in [0.1, 0.15) is 42.6 Å². The van der Waals surface area contributed by atoms with Crippen molar-refractivity contribution in [2.24, 2.45) is 0 Å². The Morgan fingerprint density at radius 3 is 2.88 bits per heavy atom. The van der Waals surface area contributed by atoms with Gasteiger partial charge in [0.2, 0.25) is 0 Å². The first kappa shape index (κ1) is 17.5. The first-order valence-electron chi connectivity index (χ1n) is 8.90. The Morgan fingerprint density at radius 1 is 1.32 bits per heavy atom. The molecule has 0 saturated heterocycles. The van der Waals surface area contributed by atoms with Crippen LogP contribution in [0.25, 0.3) is 0 Å². The van der Waals surface area contributed by atoms with E-state index in [1.807, 2.05) is 25.3 Å². The number of aliphatic hydroxyl groups is 1. The van der Waals surface area contributed by atoms with Gasteiger partial charge in [-0.15, -0.1) is 0 Å². The van der Waals surface area contributed by atoms with Crippen LogP contribution in [-0.2, 0) is 13.1 Å². The Bertz CT molecular complexity index is 713. The van der Waals surface area contributed by atoms with Crippen molar-refractivity contribution in [3.63, 3.8) is 0 Å². The van der Waals surface area contributed by atoms with Crippen molar-refractivity contribution in [2.75, 3.05) is 0 Å². The predicted octanol–water partition coefficient (Wildman–Crippen LogP) is 2.34. The van der Waals surface area contributed by atoms with Gasteiger partial charge < -0.3 is 20.3 Å². The third-order valence-electron chi connectivity index (χ3n) is 4.77. The van der Waals surface area contributed by atoms with Gasteiger partial charge in [-0.05, 0) is 30.9 Å². The molecule has 134 valence electrons. The van der Waals surface area contributed by atoms with Crippen LogP contribution < -0.4 is 10.6 Å². The lowest BCUT2D eigenvalue weighted by atomic mass is 9.93. The lowest BCUT2D eigenvalue weighted by molar-refractivity contribution is 0.0943. The number of aliphatic hydroxyl groups excluding tert-OH is 1. The van der Waals surface area contributed by atoms with Crippen molar-refractivity contribution in [2.45, 2.75) is 57.8 Å². The summed E-state index contributed by atoms with van der Waals surface area (Å²) in [6, 6.07) is 7.81. The van der Waals surface area contributed by atoms with E-state index >= 15 is 0 Å². The van der Waals surface area contributed by atoms with Gasteiger partial charge in [-0.1, -0.05) is 37.1 Å². The number of aromatic nitrogens is 2. The van der Waals surface area contributed by atoms with Crippen LogP contribution in [0.3, 0.4) is 0 Å². The molecule has 2 atom stereocenters. The lowest BCUT2D eigenvalue weighted by Gasteiger charge is -2.28. The van der Waals surface area contributed by atoms with Gasteiger partial charge in [-0.3, -0.25) is 0 Å². The van der Waals surface area contributed by atoms with E-state index in [-0.39, 0.29) is 12.1 Å². The van der Waals surface area contributed by atoms with Crippen molar-refractivity contribution in [1.29, 1.82) is 0 Å². The molecule has 0 bridgehead atoms. The second-order valence-electron chi connectivity index (χ2n) is 6.71. The lowest BCUT2D eigenvalue weighted by Crippen LogP contribution is -2.48. The average molecular weight is 342 g/mol. The van der Waals surface area contributed by atoms with Crippen LogP contribution in [-0.4, -0.2) is 32.8 Å². The highest BCUT2D eigenvalue weighted by Gasteiger charge is 2.24. The summed E-state index contributed by atoms with van der Waals surface area (Å²) in [6.45, 7) is 3.21. The standard InChI is InChI=1S/C19H26N4O2/c1-14-20-9-10-23(14)13-16-6-4-5-15(11-16)12-21-19(25)22-17-7-2-3-8-18(17)24/h4-6,9-11,17-18,24H,2-3,7-8,12-13H2,1H3,(H2,21,22,25)/t17-,18+/m0/s1. The number of hydrogen-bond acceptors (Lipinski definition) is 3. The molecule has 0 unspecified atom stereocenters. The van der Waals surface area contributed by atoms with E-state index in [1.165, 1.54) is 5.56 Å². The maximum absolute atomic E-state index is 12.1. The molecule has 6 nitrogen and oxygen atoms in total. The zero-order valence-electron chi connectivity index (χ0n) is 14.6. The van der Waals surface area contributed by atoms with Gasteiger partial charge in [0.25, 0.3) is 0 Å². The third-order valence-corrected chi connectivity index (χ3v) is 4.77. The Hall–Kier alpha value is -2.34. The van der Waals surface area contributed by atoms with Crippen LogP contribution in [0.4, 0.5) is 4.79 Å². The highest BCUT2D eigenvalue weighted by molar-refractivity contribution is 5.74. The number of imidazole rings is 1. The molecule has 1 heterocycles. The molecule has 1 aliphatic rings. The zero-order valence-corrected chi connectivity index (χ0v) is 14.6. The third kappa shape index (κ3) is 4.82. The highest BCUT2D eigenvalue weighted by Crippen LogP contribution is 2.18. The van der Waals surface area contributed by atoms with E-state index in [4.69, 9.17) is 0 Å². The summed E-state index contributed by atoms with van der Waals surface area (Å²) in [4.78, 5) is 16.3. The molecule has 25 heavy (non-hydrogen) atoms. The molecule has 3 rings (SSSR count). The van der Waals surface area contributed by atoms with Gasteiger partial charge in [0.15, 0.2) is 0 Å². The van der Waals surface area contributed by atoms with Crippen LogP contribution in [0.5, 0.6) is 0 Å². The molecule has 1 fully saturated rings. The minimum absolute atomic E-state index is 0.135. The zero-order chi connectivity index (χ0) is 17.6. The summed E-state index contributed by atoms with van der Waals surface area (Å²) in [5.74, 6) is 0.981. The molecule has 2 amide bonds. The van der Waals surface area contributed by atoms with E-state index in [0.717, 1.165) is 43.6 Å². The maximum atomic E-state index is 12.1. The Balaban J connectivity index is 1.52. The molecular weight excluding hydrogens is 316 g/mol. The second kappa shape index (κ2) is 8.16. The van der Waals surface area contributed by atoms with Crippen molar-refractivity contribution < 1.29 is 9.90 Å². The maximum Gasteiger partial charge on any atom is 0.315 e. The topological polar surface area (TPSA) is 79.2 Å². The quantitative estimate of drug-likeness (QED) is 0.780. The van der Waals surface area contributed by atoms with Crippen LogP contribution in [0, 0.1) is 6.92 Å². The van der Waals surface area contributed by atoms with Crippen LogP contribution in [0.15, 0.2) is 36.7 Å². The summed E-state index contributed by atoms with van der Waals surface area (Å²) >= 11 is 0. The van der Waals surface area contributed by atoms with Crippen LogP contribution in [0.2, 0.25) is 0 Å². The van der Waals surface area contributed by atoms with Gasteiger partial charge >= 0.3 is 6.03 Å². The van der Waals surface area contributed by atoms with Crippen LogP contribution >= 0.6 is 0 Å². The van der Waals surface area contributed by atoms with Crippen molar-refractivity contribution >= 4 is 6.03 Å². The number of aryl methyl sites for hydroxylation is 1. The number of carbonyl (C=O) groups excluding carboxylic acids is 1. The molecule has 1 aliphatic carbocycles. The molecule has 0 aliphatic heterocycles. The smallest absolute Gasteiger partial charge is 0.315 e. The Morgan fingerprint density at radius 2 is 2.12 bits per heavy atom. The molecule has 1 saturated carbocycles. The summed E-state index contributed by atoms with van der Waals surface area (Å²) in [5, 5.41) is 15.7. The number of nitrogens with zero attached hydrogens (tertiary/aromatic N) is 2. The Labute approximate surface area is 148 Å². The van der Waals surface area contributed by atoms with Crippen molar-refractivity contribution in [3.05, 3.63) is 53.6 Å². The number of urea groups is 1. The summed E-state index contributed by atoms with van der Waals surface area (Å²) in [5.41, 5.74) is 2.22. The molecule has 1 aromatic carbocycles. The second-order valence-corrected chi connectivity index (χ2v) is 6.71. The van der Waals surface area contributed by atoms with Gasteiger partial charge in [-0.25, -0.2) is 9.78 Å². The summed E-state index contributed by atoms with van der Waals surface area (Å²) < 4.78 is 2.09. The van der Waals surface area contributed by atoms with Gasteiger partial charge in [0.05, 0.1) is 12.1 Å². The number of benzene rings is 1. The average Bonchev–Trinajstić information content (AvgIpc) is 3.00. The van der Waals surface area contributed by atoms with Gasteiger partial charge in [0, 0.05) is 25.5 Å². The van der Waals surface area contributed by atoms with E-state index < -0.39 is 6.10 Å². The summed E-state index contributed by atoms with van der Waals surface area (Å²) in [6.07, 6.45) is 7.02. The molecule has 6 heteroatoms. The number of hydrogen-bond donors (Lipinski definition) is 3. The predicted molar refractivity (Wildman–Crippen MR) is 96.1 cm³/mol. The molecular formula is C19H26N4O2.